The summed E-state index contributed by atoms with van der Waals surface area (Å²) < 4.78 is 5.59. The first kappa shape index (κ1) is 20.6. The fourth-order valence-electron chi connectivity index (χ4n) is 3.48. The van der Waals surface area contributed by atoms with Crippen LogP contribution in [0.3, 0.4) is 0 Å². The van der Waals surface area contributed by atoms with Crippen molar-refractivity contribution in [3.05, 3.63) is 57.8 Å². The lowest BCUT2D eigenvalue weighted by molar-refractivity contribution is -0.115. The van der Waals surface area contributed by atoms with Gasteiger partial charge in [-0.1, -0.05) is 11.6 Å². The molecule has 1 aliphatic heterocycles. The Morgan fingerprint density at radius 3 is 2.73 bits per heavy atom. The molecule has 1 aliphatic rings. The van der Waals surface area contributed by atoms with Gasteiger partial charge in [-0.25, -0.2) is 4.98 Å². The number of carbonyl (C=O) groups is 2. The van der Waals surface area contributed by atoms with Crippen LogP contribution >= 0.6 is 22.9 Å². The van der Waals surface area contributed by atoms with E-state index in [0.29, 0.717) is 27.7 Å². The molecule has 1 saturated heterocycles. The normalized spacial score (nSPS) is 14.0. The van der Waals surface area contributed by atoms with Crippen LogP contribution in [0, 0.1) is 6.92 Å². The van der Waals surface area contributed by atoms with Crippen molar-refractivity contribution in [1.29, 1.82) is 0 Å². The minimum Gasteiger partial charge on any atom is -0.459 e. The molecule has 0 atom stereocenters. The molecule has 0 spiro atoms. The Balaban J connectivity index is 1.47. The SMILES string of the molecule is Cc1ccc(-c2nc(CC(=O)Nc3cc(Cl)ccc3C(=O)N3CCCCC3)cs2)o1. The van der Waals surface area contributed by atoms with Crippen LogP contribution in [0.2, 0.25) is 5.02 Å². The van der Waals surface area contributed by atoms with Crippen molar-refractivity contribution >= 4 is 40.4 Å². The molecule has 2 amide bonds. The molecule has 0 saturated carbocycles. The van der Waals surface area contributed by atoms with Gasteiger partial charge in [0.15, 0.2) is 10.8 Å². The van der Waals surface area contributed by atoms with Crippen LogP contribution in [0.1, 0.15) is 41.1 Å². The molecule has 1 fully saturated rings. The number of carbonyl (C=O) groups excluding carboxylic acids is 2. The van der Waals surface area contributed by atoms with Crippen LogP contribution in [0.25, 0.3) is 10.8 Å². The molecule has 0 aliphatic carbocycles. The maximum absolute atomic E-state index is 12.9. The standard InChI is InChI=1S/C22H22ClN3O3S/c1-14-5-8-19(29-14)21-24-16(13-30-21)12-20(27)25-18-11-15(23)6-7-17(18)22(28)26-9-3-2-4-10-26/h5-8,11,13H,2-4,9-10,12H2,1H3,(H,25,27). The van der Waals surface area contributed by atoms with Gasteiger partial charge in [-0.3, -0.25) is 9.59 Å². The molecule has 6 nitrogen and oxygen atoms in total. The summed E-state index contributed by atoms with van der Waals surface area (Å²) in [5.41, 5.74) is 1.53. The van der Waals surface area contributed by atoms with Crippen molar-refractivity contribution in [2.24, 2.45) is 0 Å². The first-order valence-electron chi connectivity index (χ1n) is 9.89. The number of piperidine rings is 1. The molecular weight excluding hydrogens is 422 g/mol. The second-order valence-electron chi connectivity index (χ2n) is 7.32. The molecular formula is C22H22ClN3O3S. The summed E-state index contributed by atoms with van der Waals surface area (Å²) in [5, 5.41) is 5.87. The first-order valence-corrected chi connectivity index (χ1v) is 11.2. The van der Waals surface area contributed by atoms with Crippen molar-refractivity contribution in [3.8, 4) is 10.8 Å². The first-order chi connectivity index (χ1) is 14.5. The molecule has 1 N–H and O–H groups in total. The monoisotopic (exact) mass is 443 g/mol. The lowest BCUT2D eigenvalue weighted by Gasteiger charge is -2.27. The largest absolute Gasteiger partial charge is 0.459 e. The van der Waals surface area contributed by atoms with Gasteiger partial charge in [-0.2, -0.15) is 0 Å². The van der Waals surface area contributed by atoms with Gasteiger partial charge < -0.3 is 14.6 Å². The molecule has 1 aromatic carbocycles. The van der Waals surface area contributed by atoms with E-state index in [9.17, 15) is 9.59 Å². The van der Waals surface area contributed by atoms with E-state index in [4.69, 9.17) is 16.0 Å². The van der Waals surface area contributed by atoms with Crippen molar-refractivity contribution in [2.75, 3.05) is 18.4 Å². The van der Waals surface area contributed by atoms with Crippen LogP contribution < -0.4 is 5.32 Å². The molecule has 156 valence electrons. The van der Waals surface area contributed by atoms with Crippen LogP contribution in [-0.2, 0) is 11.2 Å². The summed E-state index contributed by atoms with van der Waals surface area (Å²) in [6.45, 7) is 3.35. The summed E-state index contributed by atoms with van der Waals surface area (Å²) in [4.78, 5) is 31.9. The van der Waals surface area contributed by atoms with E-state index < -0.39 is 0 Å². The van der Waals surface area contributed by atoms with E-state index in [-0.39, 0.29) is 18.2 Å². The highest BCUT2D eigenvalue weighted by molar-refractivity contribution is 7.13. The quantitative estimate of drug-likeness (QED) is 0.590. The van der Waals surface area contributed by atoms with E-state index in [1.165, 1.54) is 11.3 Å². The molecule has 3 heterocycles. The number of nitrogens with one attached hydrogen (secondary N) is 1. The van der Waals surface area contributed by atoms with Gasteiger partial charge >= 0.3 is 0 Å². The zero-order valence-electron chi connectivity index (χ0n) is 16.6. The number of halogens is 1. The average molecular weight is 444 g/mol. The maximum Gasteiger partial charge on any atom is 0.255 e. The third kappa shape index (κ3) is 4.74. The minimum absolute atomic E-state index is 0.0780. The summed E-state index contributed by atoms with van der Waals surface area (Å²) in [6.07, 6.45) is 3.24. The van der Waals surface area contributed by atoms with Crippen LogP contribution in [0.4, 0.5) is 5.69 Å². The number of aryl methyl sites for hydroxylation is 1. The number of benzene rings is 1. The molecule has 8 heteroatoms. The van der Waals surface area contributed by atoms with Crippen molar-refractivity contribution in [1.82, 2.24) is 9.88 Å². The summed E-state index contributed by atoms with van der Waals surface area (Å²) in [7, 11) is 0. The van der Waals surface area contributed by atoms with Crippen LogP contribution in [0.15, 0.2) is 40.1 Å². The Labute approximate surface area is 183 Å². The Morgan fingerprint density at radius 1 is 1.20 bits per heavy atom. The minimum atomic E-state index is -0.252. The highest BCUT2D eigenvalue weighted by Gasteiger charge is 2.22. The van der Waals surface area contributed by atoms with Gasteiger partial charge in [-0.15, -0.1) is 11.3 Å². The van der Waals surface area contributed by atoms with Crippen LogP contribution in [-0.4, -0.2) is 34.8 Å². The number of nitrogens with zero attached hydrogens (tertiary/aromatic N) is 2. The number of hydrogen-bond acceptors (Lipinski definition) is 5. The van der Waals surface area contributed by atoms with Crippen molar-refractivity contribution < 1.29 is 14.0 Å². The average Bonchev–Trinajstić information content (AvgIpc) is 3.37. The molecule has 2 aromatic heterocycles. The van der Waals surface area contributed by atoms with Crippen molar-refractivity contribution in [2.45, 2.75) is 32.6 Å². The number of likely N-dealkylation sites (tertiary alicyclic amines) is 1. The van der Waals surface area contributed by atoms with Gasteiger partial charge in [0.25, 0.3) is 5.91 Å². The third-order valence-electron chi connectivity index (χ3n) is 4.97. The number of thiazole rings is 1. The van der Waals surface area contributed by atoms with Crippen LogP contribution in [0.5, 0.6) is 0 Å². The summed E-state index contributed by atoms with van der Waals surface area (Å²) in [5.74, 6) is 1.17. The van der Waals surface area contributed by atoms with Crippen molar-refractivity contribution in [3.63, 3.8) is 0 Å². The zero-order valence-corrected chi connectivity index (χ0v) is 18.2. The van der Waals surface area contributed by atoms with Gasteiger partial charge in [0.2, 0.25) is 5.91 Å². The smallest absolute Gasteiger partial charge is 0.255 e. The van der Waals surface area contributed by atoms with Gasteiger partial charge in [0.1, 0.15) is 5.76 Å². The fourth-order valence-corrected chi connectivity index (χ4v) is 4.44. The molecule has 4 rings (SSSR count). The van der Waals surface area contributed by atoms with E-state index in [0.717, 1.165) is 43.1 Å². The second kappa shape index (κ2) is 9.02. The molecule has 0 radical (unpaired) electrons. The van der Waals surface area contributed by atoms with E-state index in [2.05, 4.69) is 10.3 Å². The molecule has 0 unspecified atom stereocenters. The maximum atomic E-state index is 12.9. The van der Waals surface area contributed by atoms with E-state index in [1.54, 1.807) is 18.2 Å². The second-order valence-corrected chi connectivity index (χ2v) is 8.62. The molecule has 30 heavy (non-hydrogen) atoms. The summed E-state index contributed by atoms with van der Waals surface area (Å²) >= 11 is 7.55. The zero-order chi connectivity index (χ0) is 21.1. The number of anilines is 1. The summed E-state index contributed by atoms with van der Waals surface area (Å²) in [6, 6.07) is 8.71. The highest BCUT2D eigenvalue weighted by atomic mass is 35.5. The topological polar surface area (TPSA) is 75.4 Å². The van der Waals surface area contributed by atoms with Gasteiger partial charge in [0, 0.05) is 23.5 Å². The number of hydrogen-bond donors (Lipinski definition) is 1. The number of rotatable bonds is 5. The fraction of sp³-hybridized carbons (Fsp3) is 0.318. The Hall–Kier alpha value is -2.64. The molecule has 3 aromatic rings. The van der Waals surface area contributed by atoms with E-state index in [1.807, 2.05) is 29.3 Å². The Kier molecular flexibility index (Phi) is 6.20. The number of furan rings is 1. The predicted octanol–water partition coefficient (Wildman–Crippen LogP) is 5.17. The Bertz CT molecular complexity index is 1070. The highest BCUT2D eigenvalue weighted by Crippen LogP contribution is 2.27. The third-order valence-corrected chi connectivity index (χ3v) is 6.11. The Morgan fingerprint density at radius 2 is 2.00 bits per heavy atom. The number of aromatic nitrogens is 1. The lowest BCUT2D eigenvalue weighted by atomic mass is 10.1. The predicted molar refractivity (Wildman–Crippen MR) is 118 cm³/mol. The number of amides is 2. The molecule has 0 bridgehead atoms. The van der Waals surface area contributed by atoms with Gasteiger partial charge in [-0.05, 0) is 56.5 Å². The van der Waals surface area contributed by atoms with Gasteiger partial charge in [0.05, 0.1) is 23.4 Å². The van der Waals surface area contributed by atoms with E-state index >= 15 is 0 Å². The lowest BCUT2D eigenvalue weighted by Crippen LogP contribution is -2.36.